The molecule has 12 heavy (non-hydrogen) atoms. The summed E-state index contributed by atoms with van der Waals surface area (Å²) in [4.78, 5) is 0. The normalized spacial score (nSPS) is 16.5. The van der Waals surface area contributed by atoms with E-state index in [-0.39, 0.29) is 6.10 Å². The molecule has 0 heterocycles. The smallest absolute Gasteiger partial charge is 0.0524 e. The fourth-order valence-corrected chi connectivity index (χ4v) is 1.33. The fraction of sp³-hybridized carbons (Fsp3) is 1.00. The summed E-state index contributed by atoms with van der Waals surface area (Å²) in [5, 5.41) is 12.4. The molecule has 0 aromatic rings. The summed E-state index contributed by atoms with van der Waals surface area (Å²) in [5.74, 6) is 0.749. The van der Waals surface area contributed by atoms with E-state index >= 15 is 0 Å². The number of aliphatic hydroxyl groups excluding tert-OH is 1. The molecule has 74 valence electrons. The van der Waals surface area contributed by atoms with Gasteiger partial charge >= 0.3 is 0 Å². The predicted octanol–water partition coefficient (Wildman–Crippen LogP) is 1.78. The molecular weight excluding hydrogens is 150 g/mol. The van der Waals surface area contributed by atoms with Gasteiger partial charge in [-0.25, -0.2) is 0 Å². The molecule has 0 spiro atoms. The van der Waals surface area contributed by atoms with Gasteiger partial charge in [-0.2, -0.15) is 0 Å². The molecule has 2 nitrogen and oxygen atoms in total. The van der Waals surface area contributed by atoms with Crippen LogP contribution in [0, 0.1) is 5.92 Å². The monoisotopic (exact) mass is 173 g/mol. The summed E-state index contributed by atoms with van der Waals surface area (Å²) in [6.07, 6.45) is 1.88. The molecule has 0 aromatic carbocycles. The summed E-state index contributed by atoms with van der Waals surface area (Å²) >= 11 is 0. The molecule has 0 amide bonds. The first-order valence-corrected chi connectivity index (χ1v) is 4.93. The van der Waals surface area contributed by atoms with E-state index < -0.39 is 0 Å². The molecule has 2 N–H and O–H groups in total. The second-order valence-corrected chi connectivity index (χ2v) is 4.12. The molecule has 0 saturated carbocycles. The van der Waals surface area contributed by atoms with Crippen molar-refractivity contribution in [2.75, 3.05) is 6.54 Å². The average molecular weight is 173 g/mol. The maximum atomic E-state index is 9.01. The molecule has 0 aliphatic rings. The van der Waals surface area contributed by atoms with Crippen molar-refractivity contribution in [3.63, 3.8) is 0 Å². The van der Waals surface area contributed by atoms with Gasteiger partial charge in [-0.3, -0.25) is 0 Å². The Labute approximate surface area is 76.4 Å². The highest BCUT2D eigenvalue weighted by atomic mass is 16.3. The Bertz CT molecular complexity index is 102. The minimum Gasteiger partial charge on any atom is -0.393 e. The van der Waals surface area contributed by atoms with Gasteiger partial charge in [0.05, 0.1) is 6.10 Å². The maximum Gasteiger partial charge on any atom is 0.0524 e. The van der Waals surface area contributed by atoms with Crippen LogP contribution in [0.25, 0.3) is 0 Å². The van der Waals surface area contributed by atoms with Crippen LogP contribution in [0.3, 0.4) is 0 Å². The topological polar surface area (TPSA) is 32.3 Å². The van der Waals surface area contributed by atoms with Gasteiger partial charge in [-0.15, -0.1) is 0 Å². The van der Waals surface area contributed by atoms with E-state index in [0.717, 1.165) is 18.9 Å². The van der Waals surface area contributed by atoms with Gasteiger partial charge in [-0.1, -0.05) is 13.8 Å². The van der Waals surface area contributed by atoms with Gasteiger partial charge in [0.1, 0.15) is 0 Å². The first kappa shape index (κ1) is 11.9. The Morgan fingerprint density at radius 1 is 1.17 bits per heavy atom. The fourth-order valence-electron chi connectivity index (χ4n) is 1.33. The lowest BCUT2D eigenvalue weighted by Gasteiger charge is -2.16. The Balaban J connectivity index is 3.25. The predicted molar refractivity (Wildman–Crippen MR) is 53.2 cm³/mol. The van der Waals surface area contributed by atoms with Crippen LogP contribution in [0.4, 0.5) is 0 Å². The average Bonchev–Trinajstić information content (AvgIpc) is 1.84. The Kier molecular flexibility index (Phi) is 6.39. The molecule has 0 unspecified atom stereocenters. The summed E-state index contributed by atoms with van der Waals surface area (Å²) in [6, 6.07) is 0.573. The number of aliphatic hydroxyl groups is 1. The van der Waals surface area contributed by atoms with Crippen LogP contribution in [0.1, 0.15) is 40.5 Å². The van der Waals surface area contributed by atoms with Crippen LogP contribution in [0.5, 0.6) is 0 Å². The third-order valence-corrected chi connectivity index (χ3v) is 1.88. The number of hydrogen-bond acceptors (Lipinski definition) is 2. The van der Waals surface area contributed by atoms with Crippen molar-refractivity contribution in [3.8, 4) is 0 Å². The quantitative estimate of drug-likeness (QED) is 0.641. The molecule has 0 aliphatic carbocycles. The van der Waals surface area contributed by atoms with Crippen LogP contribution < -0.4 is 5.32 Å². The minimum absolute atomic E-state index is 0.177. The molecule has 2 atom stereocenters. The van der Waals surface area contributed by atoms with Crippen LogP contribution in [0.15, 0.2) is 0 Å². The molecule has 0 fully saturated rings. The third-order valence-electron chi connectivity index (χ3n) is 1.88. The molecular formula is C10H23NO. The highest BCUT2D eigenvalue weighted by Gasteiger charge is 2.03. The second kappa shape index (κ2) is 6.44. The van der Waals surface area contributed by atoms with Crippen molar-refractivity contribution < 1.29 is 5.11 Å². The van der Waals surface area contributed by atoms with Crippen molar-refractivity contribution in [2.45, 2.75) is 52.7 Å². The second-order valence-electron chi connectivity index (χ2n) is 4.12. The van der Waals surface area contributed by atoms with E-state index in [1.165, 1.54) is 6.42 Å². The molecule has 0 bridgehead atoms. The zero-order chi connectivity index (χ0) is 9.56. The lowest BCUT2D eigenvalue weighted by Crippen LogP contribution is -2.29. The first-order chi connectivity index (χ1) is 5.52. The maximum absolute atomic E-state index is 9.01. The van der Waals surface area contributed by atoms with Crippen LogP contribution in [0.2, 0.25) is 0 Å². The number of rotatable bonds is 6. The lowest BCUT2D eigenvalue weighted by atomic mass is 10.1. The molecule has 0 saturated heterocycles. The van der Waals surface area contributed by atoms with Crippen LogP contribution in [-0.4, -0.2) is 23.8 Å². The number of hydrogen-bond donors (Lipinski definition) is 2. The van der Waals surface area contributed by atoms with Gasteiger partial charge in [0.15, 0.2) is 0 Å². The largest absolute Gasteiger partial charge is 0.393 e. The van der Waals surface area contributed by atoms with Gasteiger partial charge in [0.2, 0.25) is 0 Å². The molecule has 0 rings (SSSR count). The summed E-state index contributed by atoms with van der Waals surface area (Å²) < 4.78 is 0. The highest BCUT2D eigenvalue weighted by Crippen LogP contribution is 2.03. The van der Waals surface area contributed by atoms with Gasteiger partial charge in [-0.05, 0) is 39.2 Å². The number of nitrogens with one attached hydrogen (secondary N) is 1. The van der Waals surface area contributed by atoms with E-state index in [0.29, 0.717) is 6.04 Å². The van der Waals surface area contributed by atoms with Crippen molar-refractivity contribution in [3.05, 3.63) is 0 Å². The van der Waals surface area contributed by atoms with E-state index in [2.05, 4.69) is 26.1 Å². The van der Waals surface area contributed by atoms with Gasteiger partial charge in [0.25, 0.3) is 0 Å². The van der Waals surface area contributed by atoms with Crippen molar-refractivity contribution in [1.82, 2.24) is 5.32 Å². The highest BCUT2D eigenvalue weighted by molar-refractivity contribution is 4.63. The van der Waals surface area contributed by atoms with Gasteiger partial charge in [0, 0.05) is 6.04 Å². The zero-order valence-corrected chi connectivity index (χ0v) is 8.80. The molecule has 0 aliphatic heterocycles. The van der Waals surface area contributed by atoms with Crippen LogP contribution in [-0.2, 0) is 0 Å². The summed E-state index contributed by atoms with van der Waals surface area (Å²) in [6.45, 7) is 9.40. The zero-order valence-electron chi connectivity index (χ0n) is 8.80. The summed E-state index contributed by atoms with van der Waals surface area (Å²) in [7, 11) is 0. The molecule has 2 heteroatoms. The Morgan fingerprint density at radius 2 is 1.75 bits per heavy atom. The van der Waals surface area contributed by atoms with E-state index in [9.17, 15) is 0 Å². The Hall–Kier alpha value is -0.0800. The van der Waals surface area contributed by atoms with Crippen LogP contribution >= 0.6 is 0 Å². The summed E-state index contributed by atoms with van der Waals surface area (Å²) in [5.41, 5.74) is 0. The minimum atomic E-state index is -0.177. The van der Waals surface area contributed by atoms with E-state index in [4.69, 9.17) is 5.11 Å². The lowest BCUT2D eigenvalue weighted by molar-refractivity contribution is 0.182. The SMILES string of the molecule is CC(C)C[C@@H](C)NCC[C@@H](C)O. The van der Waals surface area contributed by atoms with E-state index in [1.807, 2.05) is 6.92 Å². The third kappa shape index (κ3) is 8.02. The van der Waals surface area contributed by atoms with Crippen molar-refractivity contribution in [1.29, 1.82) is 0 Å². The molecule has 0 aromatic heterocycles. The van der Waals surface area contributed by atoms with Crippen molar-refractivity contribution >= 4 is 0 Å². The van der Waals surface area contributed by atoms with Crippen molar-refractivity contribution in [2.24, 2.45) is 5.92 Å². The van der Waals surface area contributed by atoms with Gasteiger partial charge < -0.3 is 10.4 Å². The molecule has 0 radical (unpaired) electrons. The standard InChI is InChI=1S/C10H23NO/c1-8(2)7-9(3)11-6-5-10(4)12/h8-12H,5-7H2,1-4H3/t9-,10-/m1/s1. The van der Waals surface area contributed by atoms with E-state index in [1.54, 1.807) is 0 Å². The Morgan fingerprint density at radius 3 is 2.17 bits per heavy atom. The first-order valence-electron chi connectivity index (χ1n) is 4.93.